The number of pyridine rings is 1. The average Bonchev–Trinajstić information content (AvgIpc) is 2.58. The highest BCUT2D eigenvalue weighted by Gasteiger charge is 2.36. The molecule has 0 radical (unpaired) electrons. The van der Waals surface area contributed by atoms with Crippen molar-refractivity contribution in [1.29, 1.82) is 0 Å². The van der Waals surface area contributed by atoms with Gasteiger partial charge in [-0.2, -0.15) is 0 Å². The number of rotatable bonds is 7. The zero-order valence-corrected chi connectivity index (χ0v) is 17.8. The number of nitro benzene ring substituents is 1. The van der Waals surface area contributed by atoms with Crippen molar-refractivity contribution in [3.63, 3.8) is 0 Å². The molecule has 0 atom stereocenters. The fourth-order valence-electron chi connectivity index (χ4n) is 2.71. The van der Waals surface area contributed by atoms with Crippen molar-refractivity contribution in [2.24, 2.45) is 0 Å². The lowest BCUT2D eigenvalue weighted by Crippen LogP contribution is -2.41. The van der Waals surface area contributed by atoms with E-state index in [0.29, 0.717) is 25.0 Å². The summed E-state index contributed by atoms with van der Waals surface area (Å²) in [5, 5.41) is 11.8. The third-order valence-electron chi connectivity index (χ3n) is 5.31. The topological polar surface area (TPSA) is 91.3 Å². The molecule has 2 aromatic rings. The predicted molar refractivity (Wildman–Crippen MR) is 112 cm³/mol. The summed E-state index contributed by atoms with van der Waals surface area (Å²) in [6.45, 7) is 11.6. The summed E-state index contributed by atoms with van der Waals surface area (Å²) in [5.74, 6) is 0. The lowest BCUT2D eigenvalue weighted by atomic mass is 9.95. The van der Waals surface area contributed by atoms with Gasteiger partial charge in [0, 0.05) is 30.1 Å². The molecule has 6 nitrogen and oxygen atoms in total. The van der Waals surface area contributed by atoms with Crippen LogP contribution < -0.4 is 5.73 Å². The van der Waals surface area contributed by atoms with Crippen LogP contribution in [0.5, 0.6) is 0 Å². The molecule has 0 aliphatic carbocycles. The lowest BCUT2D eigenvalue weighted by Gasteiger charge is -2.36. The summed E-state index contributed by atoms with van der Waals surface area (Å²) in [4.78, 5) is 15.4. The summed E-state index contributed by atoms with van der Waals surface area (Å²) in [5.41, 5.74) is 8.39. The first kappa shape index (κ1) is 21.1. The maximum Gasteiger partial charge on any atom is 0.295 e. The molecule has 0 saturated heterocycles. The van der Waals surface area contributed by atoms with E-state index in [2.05, 4.69) is 38.8 Å². The number of nitrogen functional groups attached to an aromatic ring is 1. The van der Waals surface area contributed by atoms with E-state index in [-0.39, 0.29) is 21.3 Å². The molecule has 146 valence electrons. The summed E-state index contributed by atoms with van der Waals surface area (Å²) in [6, 6.07) is 7.15. The quantitative estimate of drug-likeness (QED) is 0.232. The molecule has 2 rings (SSSR count). The fourth-order valence-corrected chi connectivity index (χ4v) is 3.80. The van der Waals surface area contributed by atoms with Crippen LogP contribution in [-0.2, 0) is 10.8 Å². The van der Waals surface area contributed by atoms with Gasteiger partial charge in [-0.3, -0.25) is 15.1 Å². The molecule has 7 heteroatoms. The van der Waals surface area contributed by atoms with Gasteiger partial charge >= 0.3 is 0 Å². The SMILES string of the molecule is CC(C)(C)[Si](C)(C)OCCCc1c(-c2cccnc2)ccc(N)c1[N+](=O)[O-]. The highest BCUT2D eigenvalue weighted by Crippen LogP contribution is 2.38. The molecular weight excluding hydrogens is 358 g/mol. The van der Waals surface area contributed by atoms with E-state index in [4.69, 9.17) is 10.2 Å². The van der Waals surface area contributed by atoms with Gasteiger partial charge in [-0.15, -0.1) is 0 Å². The van der Waals surface area contributed by atoms with Crippen molar-refractivity contribution in [2.75, 3.05) is 12.3 Å². The van der Waals surface area contributed by atoms with Crippen LogP contribution in [0.1, 0.15) is 32.8 Å². The molecule has 0 amide bonds. The number of benzene rings is 1. The van der Waals surface area contributed by atoms with Crippen molar-refractivity contribution in [3.05, 3.63) is 52.3 Å². The Bertz CT molecular complexity index is 802. The van der Waals surface area contributed by atoms with Crippen LogP contribution in [0.15, 0.2) is 36.7 Å². The smallest absolute Gasteiger partial charge is 0.295 e. The Kier molecular flexibility index (Phi) is 6.38. The molecule has 0 saturated carbocycles. The third-order valence-corrected chi connectivity index (χ3v) is 9.85. The number of hydrogen-bond donors (Lipinski definition) is 1. The normalized spacial score (nSPS) is 12.2. The number of nitrogens with zero attached hydrogens (tertiary/aromatic N) is 2. The largest absolute Gasteiger partial charge is 0.417 e. The maximum atomic E-state index is 11.6. The summed E-state index contributed by atoms with van der Waals surface area (Å²) >= 11 is 0. The molecule has 2 N–H and O–H groups in total. The zero-order chi connectivity index (χ0) is 20.2. The van der Waals surface area contributed by atoms with Crippen molar-refractivity contribution in [1.82, 2.24) is 4.98 Å². The summed E-state index contributed by atoms with van der Waals surface area (Å²) in [7, 11) is -1.84. The molecule has 1 heterocycles. The number of nitro groups is 1. The van der Waals surface area contributed by atoms with Gasteiger partial charge in [0.15, 0.2) is 8.32 Å². The highest BCUT2D eigenvalue weighted by molar-refractivity contribution is 6.74. The Morgan fingerprint density at radius 3 is 2.52 bits per heavy atom. The second kappa shape index (κ2) is 8.18. The molecular formula is C20H29N3O3Si. The van der Waals surface area contributed by atoms with Crippen LogP contribution in [-0.4, -0.2) is 24.8 Å². The van der Waals surface area contributed by atoms with Crippen LogP contribution in [0.2, 0.25) is 18.1 Å². The van der Waals surface area contributed by atoms with Gasteiger partial charge in [0.2, 0.25) is 0 Å². The molecule has 0 aliphatic heterocycles. The zero-order valence-electron chi connectivity index (χ0n) is 16.8. The molecule has 27 heavy (non-hydrogen) atoms. The first-order chi connectivity index (χ1) is 12.5. The van der Waals surface area contributed by atoms with Crippen LogP contribution in [0.3, 0.4) is 0 Å². The van der Waals surface area contributed by atoms with Crippen molar-refractivity contribution < 1.29 is 9.35 Å². The lowest BCUT2D eigenvalue weighted by molar-refractivity contribution is -0.384. The minimum absolute atomic E-state index is 0.0105. The van der Waals surface area contributed by atoms with Crippen LogP contribution in [0.4, 0.5) is 11.4 Å². The average molecular weight is 388 g/mol. The second-order valence-electron chi connectivity index (χ2n) is 8.24. The molecule has 1 aromatic carbocycles. The first-order valence-electron chi connectivity index (χ1n) is 9.14. The monoisotopic (exact) mass is 387 g/mol. The van der Waals surface area contributed by atoms with Crippen molar-refractivity contribution in [3.8, 4) is 11.1 Å². The molecule has 0 aliphatic rings. The minimum atomic E-state index is -1.84. The molecule has 0 fully saturated rings. The van der Waals surface area contributed by atoms with Gasteiger partial charge < -0.3 is 10.2 Å². The molecule has 0 spiro atoms. The van der Waals surface area contributed by atoms with E-state index in [1.807, 2.05) is 18.2 Å². The Labute approximate surface area is 162 Å². The fraction of sp³-hybridized carbons (Fsp3) is 0.450. The standard InChI is InChI=1S/C20H29N3O3Si/c1-20(2,3)27(4,5)26-13-7-9-17-16(15-8-6-12-22-14-15)10-11-18(21)19(17)23(24)25/h6,8,10-12,14H,7,9,13,21H2,1-5H3. The second-order valence-corrected chi connectivity index (χ2v) is 13.0. The summed E-state index contributed by atoms with van der Waals surface area (Å²) in [6.07, 6.45) is 4.62. The van der Waals surface area contributed by atoms with E-state index in [9.17, 15) is 10.1 Å². The van der Waals surface area contributed by atoms with E-state index < -0.39 is 8.32 Å². The maximum absolute atomic E-state index is 11.6. The van der Waals surface area contributed by atoms with Gasteiger partial charge in [0.25, 0.3) is 5.69 Å². The number of anilines is 1. The van der Waals surface area contributed by atoms with E-state index in [0.717, 1.165) is 11.1 Å². The Morgan fingerprint density at radius 1 is 1.26 bits per heavy atom. The van der Waals surface area contributed by atoms with Gasteiger partial charge in [-0.05, 0) is 48.7 Å². The van der Waals surface area contributed by atoms with Crippen LogP contribution >= 0.6 is 0 Å². The third kappa shape index (κ3) is 4.93. The highest BCUT2D eigenvalue weighted by atomic mass is 28.4. The predicted octanol–water partition coefficient (Wildman–Crippen LogP) is 5.19. The molecule has 0 unspecified atom stereocenters. The number of hydrogen-bond acceptors (Lipinski definition) is 5. The summed E-state index contributed by atoms with van der Waals surface area (Å²) < 4.78 is 6.22. The molecule has 1 aromatic heterocycles. The minimum Gasteiger partial charge on any atom is -0.417 e. The Balaban J connectivity index is 2.27. The van der Waals surface area contributed by atoms with Crippen molar-refractivity contribution in [2.45, 2.75) is 51.7 Å². The van der Waals surface area contributed by atoms with Crippen LogP contribution in [0.25, 0.3) is 11.1 Å². The van der Waals surface area contributed by atoms with Crippen molar-refractivity contribution >= 4 is 19.7 Å². The number of nitrogens with two attached hydrogens (primary N) is 1. The first-order valence-corrected chi connectivity index (χ1v) is 12.1. The van der Waals surface area contributed by atoms with Gasteiger partial charge in [0.05, 0.1) is 4.92 Å². The molecule has 0 bridgehead atoms. The van der Waals surface area contributed by atoms with Gasteiger partial charge in [-0.1, -0.05) is 32.9 Å². The van der Waals surface area contributed by atoms with E-state index in [1.165, 1.54) is 0 Å². The van der Waals surface area contributed by atoms with E-state index >= 15 is 0 Å². The van der Waals surface area contributed by atoms with Crippen LogP contribution in [0, 0.1) is 10.1 Å². The van der Waals surface area contributed by atoms with E-state index in [1.54, 1.807) is 18.5 Å². The van der Waals surface area contributed by atoms with Gasteiger partial charge in [-0.25, -0.2) is 0 Å². The Hall–Kier alpha value is -2.25. The van der Waals surface area contributed by atoms with Gasteiger partial charge in [0.1, 0.15) is 5.69 Å². The Morgan fingerprint density at radius 2 is 1.96 bits per heavy atom. The number of aromatic nitrogens is 1.